The summed E-state index contributed by atoms with van der Waals surface area (Å²) in [4.78, 5) is 0.366. The molecule has 0 aromatic heterocycles. The second-order valence-electron chi connectivity index (χ2n) is 5.05. The first kappa shape index (κ1) is 14.3. The van der Waals surface area contributed by atoms with Crippen molar-refractivity contribution >= 4 is 15.5 Å². The first-order chi connectivity index (χ1) is 9.06. The summed E-state index contributed by atoms with van der Waals surface area (Å²) in [6.45, 7) is 1.85. The van der Waals surface area contributed by atoms with Crippen molar-refractivity contribution in [3.05, 3.63) is 24.3 Å². The molecule has 0 radical (unpaired) electrons. The van der Waals surface area contributed by atoms with Gasteiger partial charge in [0.2, 0.25) is 0 Å². The minimum atomic E-state index is -3.13. The van der Waals surface area contributed by atoms with Crippen LogP contribution in [0.15, 0.2) is 29.2 Å². The van der Waals surface area contributed by atoms with Gasteiger partial charge in [-0.25, -0.2) is 8.42 Å². The molecular formula is C14H21NO3S. The summed E-state index contributed by atoms with van der Waals surface area (Å²) in [6.07, 6.45) is 3.24. The van der Waals surface area contributed by atoms with E-state index < -0.39 is 9.84 Å². The van der Waals surface area contributed by atoms with Crippen LogP contribution in [-0.2, 0) is 9.84 Å². The van der Waals surface area contributed by atoms with Crippen LogP contribution in [0.2, 0.25) is 0 Å². The molecule has 2 atom stereocenters. The van der Waals surface area contributed by atoms with Gasteiger partial charge in [0.05, 0.1) is 10.6 Å². The summed E-state index contributed by atoms with van der Waals surface area (Å²) in [6, 6.07) is 7.18. The number of rotatable bonds is 5. The zero-order valence-corrected chi connectivity index (χ0v) is 12.0. The summed E-state index contributed by atoms with van der Waals surface area (Å²) in [5.74, 6) is 0.425. The topological polar surface area (TPSA) is 66.4 Å². The van der Waals surface area contributed by atoms with Gasteiger partial charge < -0.3 is 10.4 Å². The van der Waals surface area contributed by atoms with E-state index in [1.165, 1.54) is 0 Å². The summed E-state index contributed by atoms with van der Waals surface area (Å²) in [7, 11) is -3.13. The third kappa shape index (κ3) is 3.28. The van der Waals surface area contributed by atoms with E-state index in [0.29, 0.717) is 16.9 Å². The fourth-order valence-electron chi connectivity index (χ4n) is 2.58. The minimum Gasteiger partial charge on any atom is -0.396 e. The quantitative estimate of drug-likeness (QED) is 0.868. The highest BCUT2D eigenvalue weighted by Crippen LogP contribution is 2.28. The highest BCUT2D eigenvalue weighted by molar-refractivity contribution is 7.91. The van der Waals surface area contributed by atoms with Crippen molar-refractivity contribution in [2.75, 3.05) is 17.7 Å². The number of benzene rings is 1. The SMILES string of the molecule is CCS(=O)(=O)c1ccc(NC2CCCC2CO)cc1. The molecule has 19 heavy (non-hydrogen) atoms. The maximum Gasteiger partial charge on any atom is 0.178 e. The first-order valence-electron chi connectivity index (χ1n) is 6.77. The van der Waals surface area contributed by atoms with Gasteiger partial charge >= 0.3 is 0 Å². The molecule has 5 heteroatoms. The van der Waals surface area contributed by atoms with E-state index in [4.69, 9.17) is 0 Å². The number of aliphatic hydroxyl groups is 1. The standard InChI is InChI=1S/C14H21NO3S/c1-2-19(17,18)13-8-6-12(7-9-13)15-14-5-3-4-11(14)10-16/h6-9,11,14-16H,2-5,10H2,1H3. The van der Waals surface area contributed by atoms with Gasteiger partial charge in [0.25, 0.3) is 0 Å². The Hall–Kier alpha value is -1.07. The molecule has 1 fully saturated rings. The van der Waals surface area contributed by atoms with E-state index in [2.05, 4.69) is 5.32 Å². The first-order valence-corrected chi connectivity index (χ1v) is 8.42. The molecule has 0 spiro atoms. The number of anilines is 1. The molecule has 1 aromatic carbocycles. The molecule has 1 aliphatic carbocycles. The minimum absolute atomic E-state index is 0.120. The van der Waals surface area contributed by atoms with Crippen molar-refractivity contribution in [1.82, 2.24) is 0 Å². The predicted octanol–water partition coefficient (Wildman–Crippen LogP) is 2.05. The molecule has 0 heterocycles. The number of sulfone groups is 1. The Kier molecular flexibility index (Phi) is 4.47. The smallest absolute Gasteiger partial charge is 0.178 e. The van der Waals surface area contributed by atoms with Crippen LogP contribution in [0.3, 0.4) is 0 Å². The van der Waals surface area contributed by atoms with Crippen molar-refractivity contribution < 1.29 is 13.5 Å². The van der Waals surface area contributed by atoms with Crippen LogP contribution in [0.1, 0.15) is 26.2 Å². The Morgan fingerprint density at radius 1 is 1.26 bits per heavy atom. The zero-order valence-electron chi connectivity index (χ0n) is 11.2. The molecule has 2 rings (SSSR count). The van der Waals surface area contributed by atoms with Gasteiger partial charge in [0, 0.05) is 24.3 Å². The van der Waals surface area contributed by atoms with E-state index in [-0.39, 0.29) is 12.4 Å². The Labute approximate surface area is 114 Å². The van der Waals surface area contributed by atoms with Crippen LogP contribution < -0.4 is 5.32 Å². The molecule has 1 aliphatic rings. The highest BCUT2D eigenvalue weighted by atomic mass is 32.2. The molecule has 1 aromatic rings. The van der Waals surface area contributed by atoms with Crippen molar-refractivity contribution in [3.63, 3.8) is 0 Å². The normalized spacial score (nSPS) is 23.5. The molecule has 2 unspecified atom stereocenters. The zero-order chi connectivity index (χ0) is 13.9. The molecule has 4 nitrogen and oxygen atoms in total. The lowest BCUT2D eigenvalue weighted by atomic mass is 10.0. The summed E-state index contributed by atoms with van der Waals surface area (Å²) in [5, 5.41) is 12.7. The lowest BCUT2D eigenvalue weighted by molar-refractivity contribution is 0.222. The second-order valence-corrected chi connectivity index (χ2v) is 7.33. The van der Waals surface area contributed by atoms with E-state index >= 15 is 0 Å². The fraction of sp³-hybridized carbons (Fsp3) is 0.571. The molecule has 106 valence electrons. The van der Waals surface area contributed by atoms with Gasteiger partial charge in [0.15, 0.2) is 9.84 Å². The molecule has 0 aliphatic heterocycles. The molecule has 0 amide bonds. The largest absolute Gasteiger partial charge is 0.396 e. The summed E-state index contributed by atoms with van der Waals surface area (Å²) < 4.78 is 23.4. The summed E-state index contributed by atoms with van der Waals surface area (Å²) in [5.41, 5.74) is 0.917. The average molecular weight is 283 g/mol. The maximum atomic E-state index is 11.7. The molecule has 1 saturated carbocycles. The van der Waals surface area contributed by atoms with Crippen LogP contribution in [0.25, 0.3) is 0 Å². The van der Waals surface area contributed by atoms with Crippen LogP contribution in [0.4, 0.5) is 5.69 Å². The Balaban J connectivity index is 2.07. The van der Waals surface area contributed by atoms with Crippen molar-refractivity contribution in [3.8, 4) is 0 Å². The van der Waals surface area contributed by atoms with E-state index in [0.717, 1.165) is 24.9 Å². The maximum absolute atomic E-state index is 11.7. The van der Waals surface area contributed by atoms with Gasteiger partial charge in [-0.3, -0.25) is 0 Å². The Morgan fingerprint density at radius 3 is 2.53 bits per heavy atom. The van der Waals surface area contributed by atoms with Gasteiger partial charge in [-0.15, -0.1) is 0 Å². The second kappa shape index (κ2) is 5.92. The fourth-order valence-corrected chi connectivity index (χ4v) is 3.47. The number of hydrogen-bond donors (Lipinski definition) is 2. The van der Waals surface area contributed by atoms with Gasteiger partial charge in [-0.05, 0) is 37.1 Å². The van der Waals surface area contributed by atoms with E-state index in [9.17, 15) is 13.5 Å². The van der Waals surface area contributed by atoms with Crippen LogP contribution in [0, 0.1) is 5.92 Å². The van der Waals surface area contributed by atoms with Gasteiger partial charge in [-0.2, -0.15) is 0 Å². The summed E-state index contributed by atoms with van der Waals surface area (Å²) >= 11 is 0. The van der Waals surface area contributed by atoms with E-state index in [1.54, 1.807) is 31.2 Å². The molecule has 0 bridgehead atoms. The lowest BCUT2D eigenvalue weighted by Crippen LogP contribution is -2.26. The van der Waals surface area contributed by atoms with Crippen molar-refractivity contribution in [2.45, 2.75) is 37.1 Å². The number of hydrogen-bond acceptors (Lipinski definition) is 4. The number of nitrogens with one attached hydrogen (secondary N) is 1. The molecule has 0 saturated heterocycles. The molecular weight excluding hydrogens is 262 g/mol. The Morgan fingerprint density at radius 2 is 1.95 bits per heavy atom. The predicted molar refractivity (Wildman–Crippen MR) is 76.0 cm³/mol. The van der Waals surface area contributed by atoms with Crippen LogP contribution in [-0.4, -0.2) is 31.9 Å². The number of aliphatic hydroxyl groups excluding tert-OH is 1. The van der Waals surface area contributed by atoms with Crippen LogP contribution >= 0.6 is 0 Å². The lowest BCUT2D eigenvalue weighted by Gasteiger charge is -2.20. The van der Waals surface area contributed by atoms with Gasteiger partial charge in [0.1, 0.15) is 0 Å². The third-order valence-corrected chi connectivity index (χ3v) is 5.59. The van der Waals surface area contributed by atoms with E-state index in [1.807, 2.05) is 0 Å². The van der Waals surface area contributed by atoms with Crippen molar-refractivity contribution in [2.24, 2.45) is 5.92 Å². The van der Waals surface area contributed by atoms with Gasteiger partial charge in [-0.1, -0.05) is 13.3 Å². The van der Waals surface area contributed by atoms with Crippen LogP contribution in [0.5, 0.6) is 0 Å². The van der Waals surface area contributed by atoms with Crippen molar-refractivity contribution in [1.29, 1.82) is 0 Å². The molecule has 2 N–H and O–H groups in total. The third-order valence-electron chi connectivity index (χ3n) is 3.84. The highest BCUT2D eigenvalue weighted by Gasteiger charge is 2.26. The Bertz CT molecular complexity index is 510. The monoisotopic (exact) mass is 283 g/mol. The average Bonchev–Trinajstić information content (AvgIpc) is 2.86.